The third kappa shape index (κ3) is 3.96. The number of alkyl halides is 3. The minimum absolute atomic E-state index is 0.0385. The molecule has 3 aromatic carbocycles. The Bertz CT molecular complexity index is 1210. The number of hydrogen-bond donors (Lipinski definition) is 1. The second-order valence-electron chi connectivity index (χ2n) is 6.86. The molecule has 0 spiro atoms. The van der Waals surface area contributed by atoms with E-state index in [0.29, 0.717) is 10.9 Å². The Kier molecular flexibility index (Phi) is 5.60. The van der Waals surface area contributed by atoms with Gasteiger partial charge in [0.05, 0.1) is 27.4 Å². The Hall–Kier alpha value is -2.74. The van der Waals surface area contributed by atoms with E-state index in [1.807, 2.05) is 30.3 Å². The summed E-state index contributed by atoms with van der Waals surface area (Å²) in [6.45, 7) is -1.13. The molecular weight excluding hydrogens is 452 g/mol. The number of nitrogens with zero attached hydrogens (tertiary/aromatic N) is 2. The van der Waals surface area contributed by atoms with Gasteiger partial charge in [-0.2, -0.15) is 18.3 Å². The maximum Gasteiger partial charge on any atom is 0.424 e. The van der Waals surface area contributed by atoms with Crippen LogP contribution in [0.4, 0.5) is 13.2 Å². The summed E-state index contributed by atoms with van der Waals surface area (Å²) in [6, 6.07) is 17.5. The molecule has 160 valence electrons. The minimum Gasteiger partial charge on any atom is -0.487 e. The Morgan fingerprint density at radius 1 is 0.935 bits per heavy atom. The zero-order chi connectivity index (χ0) is 22.2. The standard InChI is InChI=1S/C22H15Cl2F3N2O2/c23-17-7-4-8-18(24)20(17)31-13-21(30,22(25,26)27)15-9-10-19-14(11-15)12-28-29(19)16-5-2-1-3-6-16/h1-12,30H,13H2. The van der Waals surface area contributed by atoms with Crippen LogP contribution in [-0.2, 0) is 5.60 Å². The summed E-state index contributed by atoms with van der Waals surface area (Å²) in [5.74, 6) is -0.133. The van der Waals surface area contributed by atoms with Gasteiger partial charge in [-0.1, -0.05) is 53.5 Å². The number of hydrogen-bond acceptors (Lipinski definition) is 3. The molecule has 1 unspecified atom stereocenters. The van der Waals surface area contributed by atoms with Crippen LogP contribution in [0.3, 0.4) is 0 Å². The highest BCUT2D eigenvalue weighted by atomic mass is 35.5. The number of fused-ring (bicyclic) bond motifs is 1. The van der Waals surface area contributed by atoms with Crippen molar-refractivity contribution in [1.29, 1.82) is 0 Å². The maximum atomic E-state index is 13.9. The maximum absolute atomic E-state index is 13.9. The van der Waals surface area contributed by atoms with Crippen molar-refractivity contribution in [1.82, 2.24) is 9.78 Å². The van der Waals surface area contributed by atoms with Gasteiger partial charge in [0.1, 0.15) is 6.61 Å². The van der Waals surface area contributed by atoms with Crippen molar-refractivity contribution in [3.05, 3.63) is 88.5 Å². The van der Waals surface area contributed by atoms with E-state index >= 15 is 0 Å². The monoisotopic (exact) mass is 466 g/mol. The first kappa shape index (κ1) is 21.5. The average molecular weight is 467 g/mol. The number of ether oxygens (including phenoxy) is 1. The summed E-state index contributed by atoms with van der Waals surface area (Å²) in [4.78, 5) is 0. The fourth-order valence-corrected chi connectivity index (χ4v) is 3.70. The molecule has 31 heavy (non-hydrogen) atoms. The molecule has 0 saturated carbocycles. The van der Waals surface area contributed by atoms with Crippen LogP contribution >= 0.6 is 23.2 Å². The van der Waals surface area contributed by atoms with Crippen LogP contribution in [0.5, 0.6) is 5.75 Å². The van der Waals surface area contributed by atoms with Crippen molar-refractivity contribution in [3.8, 4) is 11.4 Å². The Morgan fingerprint density at radius 2 is 1.61 bits per heavy atom. The fourth-order valence-electron chi connectivity index (χ4n) is 3.19. The van der Waals surface area contributed by atoms with E-state index in [4.69, 9.17) is 27.9 Å². The number of aliphatic hydroxyl groups is 1. The van der Waals surface area contributed by atoms with Gasteiger partial charge in [0, 0.05) is 5.39 Å². The highest BCUT2D eigenvalue weighted by Gasteiger charge is 2.56. The van der Waals surface area contributed by atoms with Crippen molar-refractivity contribution in [3.63, 3.8) is 0 Å². The first-order chi connectivity index (χ1) is 14.7. The highest BCUT2D eigenvalue weighted by Crippen LogP contribution is 2.42. The molecule has 1 aromatic heterocycles. The molecule has 0 aliphatic rings. The summed E-state index contributed by atoms with van der Waals surface area (Å²) in [6.07, 6.45) is -3.59. The van der Waals surface area contributed by atoms with Crippen molar-refractivity contribution in [2.75, 3.05) is 6.61 Å². The SMILES string of the molecule is OC(COc1c(Cl)cccc1Cl)(c1ccc2c(cnn2-c2ccccc2)c1)C(F)(F)F. The van der Waals surface area contributed by atoms with Crippen LogP contribution < -0.4 is 4.74 Å². The van der Waals surface area contributed by atoms with Gasteiger partial charge in [-0.15, -0.1) is 0 Å². The van der Waals surface area contributed by atoms with E-state index in [9.17, 15) is 18.3 Å². The van der Waals surface area contributed by atoms with Crippen LogP contribution in [0.15, 0.2) is 72.9 Å². The first-order valence-electron chi connectivity index (χ1n) is 9.10. The summed E-state index contributed by atoms with van der Waals surface area (Å²) in [7, 11) is 0. The average Bonchev–Trinajstić information content (AvgIpc) is 3.16. The third-order valence-corrected chi connectivity index (χ3v) is 5.45. The minimum atomic E-state index is -5.02. The van der Waals surface area contributed by atoms with E-state index in [1.54, 1.807) is 4.68 Å². The van der Waals surface area contributed by atoms with E-state index in [-0.39, 0.29) is 21.4 Å². The number of halogens is 5. The molecule has 0 aliphatic heterocycles. The molecule has 4 aromatic rings. The topological polar surface area (TPSA) is 47.3 Å². The zero-order valence-electron chi connectivity index (χ0n) is 15.8. The lowest BCUT2D eigenvalue weighted by Crippen LogP contribution is -2.47. The molecule has 1 heterocycles. The highest BCUT2D eigenvalue weighted by molar-refractivity contribution is 6.37. The first-order valence-corrected chi connectivity index (χ1v) is 9.86. The molecule has 4 rings (SSSR count). The Labute approximate surface area is 185 Å². The molecule has 0 fully saturated rings. The molecule has 4 nitrogen and oxygen atoms in total. The van der Waals surface area contributed by atoms with Crippen LogP contribution in [0, 0.1) is 0 Å². The van der Waals surface area contributed by atoms with Crippen LogP contribution in [-0.4, -0.2) is 27.7 Å². The van der Waals surface area contributed by atoms with E-state index in [1.165, 1.54) is 42.6 Å². The van der Waals surface area contributed by atoms with Crippen molar-refractivity contribution in [2.24, 2.45) is 0 Å². The van der Waals surface area contributed by atoms with Crippen LogP contribution in [0.2, 0.25) is 10.0 Å². The van der Waals surface area contributed by atoms with Crippen LogP contribution in [0.25, 0.3) is 16.6 Å². The van der Waals surface area contributed by atoms with Gasteiger partial charge in [0.15, 0.2) is 5.75 Å². The number of benzene rings is 3. The third-order valence-electron chi connectivity index (χ3n) is 4.86. The largest absolute Gasteiger partial charge is 0.487 e. The number of para-hydroxylation sites is 2. The molecule has 0 aliphatic carbocycles. The predicted molar refractivity (Wildman–Crippen MR) is 113 cm³/mol. The quantitative estimate of drug-likeness (QED) is 0.383. The fraction of sp³-hybridized carbons (Fsp3) is 0.136. The summed E-state index contributed by atoms with van der Waals surface area (Å²) in [5, 5.41) is 15.4. The lowest BCUT2D eigenvalue weighted by atomic mass is 9.93. The predicted octanol–water partition coefficient (Wildman–Crippen LogP) is 6.16. The molecule has 1 N–H and O–H groups in total. The second-order valence-corrected chi connectivity index (χ2v) is 7.68. The Balaban J connectivity index is 1.72. The smallest absolute Gasteiger partial charge is 0.424 e. The summed E-state index contributed by atoms with van der Waals surface area (Å²) in [5.41, 5.74) is -2.33. The zero-order valence-corrected chi connectivity index (χ0v) is 17.3. The van der Waals surface area contributed by atoms with Gasteiger partial charge in [0.2, 0.25) is 5.60 Å². The molecular formula is C22H15Cl2F3N2O2. The van der Waals surface area contributed by atoms with Crippen molar-refractivity contribution < 1.29 is 23.0 Å². The molecule has 0 bridgehead atoms. The van der Waals surface area contributed by atoms with Gasteiger partial charge in [-0.3, -0.25) is 0 Å². The van der Waals surface area contributed by atoms with E-state index < -0.39 is 18.4 Å². The molecule has 1 atom stereocenters. The van der Waals surface area contributed by atoms with Gasteiger partial charge in [-0.25, -0.2) is 4.68 Å². The second kappa shape index (κ2) is 8.07. The number of rotatable bonds is 5. The summed E-state index contributed by atoms with van der Waals surface area (Å²) >= 11 is 11.9. The van der Waals surface area contributed by atoms with Crippen LogP contribution in [0.1, 0.15) is 5.56 Å². The van der Waals surface area contributed by atoms with Gasteiger partial charge in [-0.05, 0) is 42.0 Å². The van der Waals surface area contributed by atoms with E-state index in [0.717, 1.165) is 5.69 Å². The van der Waals surface area contributed by atoms with Crippen molar-refractivity contribution in [2.45, 2.75) is 11.8 Å². The molecule has 9 heteroatoms. The van der Waals surface area contributed by atoms with Gasteiger partial charge >= 0.3 is 6.18 Å². The van der Waals surface area contributed by atoms with E-state index in [2.05, 4.69) is 5.10 Å². The normalized spacial score (nSPS) is 13.9. The lowest BCUT2D eigenvalue weighted by molar-refractivity contribution is -0.275. The summed E-state index contributed by atoms with van der Waals surface area (Å²) < 4.78 is 48.7. The Morgan fingerprint density at radius 3 is 2.26 bits per heavy atom. The lowest BCUT2D eigenvalue weighted by Gasteiger charge is -2.31. The molecule has 0 amide bonds. The number of aromatic nitrogens is 2. The van der Waals surface area contributed by atoms with Gasteiger partial charge < -0.3 is 9.84 Å². The van der Waals surface area contributed by atoms with Crippen molar-refractivity contribution >= 4 is 34.1 Å². The van der Waals surface area contributed by atoms with Gasteiger partial charge in [0.25, 0.3) is 0 Å². The molecule has 0 radical (unpaired) electrons. The molecule has 0 saturated heterocycles.